The number of nitrogens with one attached hydrogen (secondary N) is 2. The number of aromatic nitrogens is 2. The minimum absolute atomic E-state index is 0.114. The highest BCUT2D eigenvalue weighted by molar-refractivity contribution is 5.95. The zero-order valence-electron chi connectivity index (χ0n) is 14.8. The van der Waals surface area contributed by atoms with E-state index >= 15 is 0 Å². The van der Waals surface area contributed by atoms with Gasteiger partial charge in [0.1, 0.15) is 18.1 Å². The Morgan fingerprint density at radius 1 is 1.42 bits per heavy atom. The summed E-state index contributed by atoms with van der Waals surface area (Å²) in [6.07, 6.45) is 1.54. The quantitative estimate of drug-likeness (QED) is 0.783. The van der Waals surface area contributed by atoms with E-state index in [0.717, 1.165) is 5.56 Å². The van der Waals surface area contributed by atoms with Crippen molar-refractivity contribution >= 4 is 11.8 Å². The lowest BCUT2D eigenvalue weighted by molar-refractivity contribution is 0.0639. The fourth-order valence-corrected chi connectivity index (χ4v) is 2.80. The van der Waals surface area contributed by atoms with E-state index in [9.17, 15) is 9.59 Å². The van der Waals surface area contributed by atoms with Gasteiger partial charge in [-0.25, -0.2) is 0 Å². The molecule has 3 rings (SSSR count). The maximum Gasteiger partial charge on any atom is 0.272 e. The number of amides is 2. The van der Waals surface area contributed by atoms with Gasteiger partial charge in [0.05, 0.1) is 19.2 Å². The summed E-state index contributed by atoms with van der Waals surface area (Å²) >= 11 is 0. The number of ether oxygens (including phenoxy) is 2. The van der Waals surface area contributed by atoms with Crippen molar-refractivity contribution in [2.24, 2.45) is 0 Å². The molecule has 2 heterocycles. The maximum absolute atomic E-state index is 12.7. The Balaban J connectivity index is 1.81. The largest absolute Gasteiger partial charge is 0.491 e. The molecule has 0 saturated heterocycles. The summed E-state index contributed by atoms with van der Waals surface area (Å²) in [6, 6.07) is 6.79. The molecular formula is C18H22N4O4. The minimum Gasteiger partial charge on any atom is -0.491 e. The number of hydrogen-bond donors (Lipinski definition) is 2. The van der Waals surface area contributed by atoms with Crippen molar-refractivity contribution in [3.8, 4) is 5.75 Å². The number of rotatable bonds is 5. The van der Waals surface area contributed by atoms with E-state index in [4.69, 9.17) is 9.47 Å². The van der Waals surface area contributed by atoms with Gasteiger partial charge in [-0.15, -0.1) is 0 Å². The average Bonchev–Trinajstić information content (AvgIpc) is 3.13. The molecule has 26 heavy (non-hydrogen) atoms. The molecule has 1 atom stereocenters. The average molecular weight is 358 g/mol. The van der Waals surface area contributed by atoms with Crippen LogP contribution < -0.4 is 10.1 Å². The zero-order valence-corrected chi connectivity index (χ0v) is 14.8. The summed E-state index contributed by atoms with van der Waals surface area (Å²) in [4.78, 5) is 26.7. The molecule has 8 heteroatoms. The summed E-state index contributed by atoms with van der Waals surface area (Å²) in [5, 5.41) is 9.33. The van der Waals surface area contributed by atoms with Gasteiger partial charge in [-0.3, -0.25) is 14.7 Å². The molecule has 0 radical (unpaired) electrons. The molecule has 0 fully saturated rings. The van der Waals surface area contributed by atoms with Gasteiger partial charge < -0.3 is 19.7 Å². The van der Waals surface area contributed by atoms with E-state index in [1.807, 2.05) is 6.92 Å². The fourth-order valence-electron chi connectivity index (χ4n) is 2.80. The normalized spacial score (nSPS) is 16.4. The molecule has 8 nitrogen and oxygen atoms in total. The summed E-state index contributed by atoms with van der Waals surface area (Å²) in [5.74, 6) is 0.347. The number of aromatic amines is 1. The highest BCUT2D eigenvalue weighted by Gasteiger charge is 2.27. The zero-order chi connectivity index (χ0) is 18.5. The number of nitrogens with zero attached hydrogens (tertiary/aromatic N) is 2. The third-order valence-electron chi connectivity index (χ3n) is 4.26. The molecule has 1 aromatic carbocycles. The SMILES string of the molecule is COCCNC(=O)c1ccc2c(c1)CN(C(=O)c1ccn[nH]1)[C@@H](C)CO2. The predicted molar refractivity (Wildman–Crippen MR) is 94.1 cm³/mol. The predicted octanol–water partition coefficient (Wildman–Crippen LogP) is 1.21. The van der Waals surface area contributed by atoms with Crippen molar-refractivity contribution < 1.29 is 19.1 Å². The summed E-state index contributed by atoms with van der Waals surface area (Å²) in [7, 11) is 1.58. The summed E-state index contributed by atoms with van der Waals surface area (Å²) in [6.45, 7) is 3.55. The number of carbonyl (C=O) groups excluding carboxylic acids is 2. The molecule has 0 saturated carbocycles. The first-order chi connectivity index (χ1) is 12.6. The summed E-state index contributed by atoms with van der Waals surface area (Å²) in [5.41, 5.74) is 1.74. The van der Waals surface area contributed by atoms with Gasteiger partial charge in [-0.1, -0.05) is 0 Å². The molecular weight excluding hydrogens is 336 g/mol. The van der Waals surface area contributed by atoms with Crippen LogP contribution >= 0.6 is 0 Å². The van der Waals surface area contributed by atoms with Gasteiger partial charge in [-0.2, -0.15) is 5.10 Å². The molecule has 2 N–H and O–H groups in total. The van der Waals surface area contributed by atoms with Crippen LogP contribution in [0.3, 0.4) is 0 Å². The highest BCUT2D eigenvalue weighted by Crippen LogP contribution is 2.27. The van der Waals surface area contributed by atoms with E-state index in [0.29, 0.717) is 43.3 Å². The molecule has 2 amide bonds. The second kappa shape index (κ2) is 8.01. The molecule has 0 bridgehead atoms. The van der Waals surface area contributed by atoms with Crippen LogP contribution in [-0.2, 0) is 11.3 Å². The number of carbonyl (C=O) groups is 2. The summed E-state index contributed by atoms with van der Waals surface area (Å²) < 4.78 is 10.8. The molecule has 1 aromatic heterocycles. The highest BCUT2D eigenvalue weighted by atomic mass is 16.5. The Bertz CT molecular complexity index is 776. The van der Waals surface area contributed by atoms with E-state index in [2.05, 4.69) is 15.5 Å². The van der Waals surface area contributed by atoms with Gasteiger partial charge >= 0.3 is 0 Å². The number of hydrogen-bond acceptors (Lipinski definition) is 5. The van der Waals surface area contributed by atoms with Gasteiger partial charge in [0.2, 0.25) is 0 Å². The van der Waals surface area contributed by atoms with Crippen molar-refractivity contribution in [2.75, 3.05) is 26.9 Å². The van der Waals surface area contributed by atoms with Crippen LogP contribution in [0.5, 0.6) is 5.75 Å². The van der Waals surface area contributed by atoms with E-state index < -0.39 is 0 Å². The number of methoxy groups -OCH3 is 1. The Kier molecular flexibility index (Phi) is 5.52. The molecule has 0 unspecified atom stereocenters. The number of H-pyrrole nitrogens is 1. The molecule has 0 spiro atoms. The fraction of sp³-hybridized carbons (Fsp3) is 0.389. The van der Waals surface area contributed by atoms with Crippen LogP contribution in [0.2, 0.25) is 0 Å². The van der Waals surface area contributed by atoms with Crippen molar-refractivity contribution in [1.82, 2.24) is 20.4 Å². The van der Waals surface area contributed by atoms with Gasteiger partial charge in [0.15, 0.2) is 0 Å². The molecule has 1 aliphatic heterocycles. The molecule has 2 aromatic rings. The molecule has 138 valence electrons. The lowest BCUT2D eigenvalue weighted by Crippen LogP contribution is -2.40. The molecule has 1 aliphatic rings. The van der Waals surface area contributed by atoms with Crippen LogP contribution in [0.4, 0.5) is 0 Å². The second-order valence-electron chi connectivity index (χ2n) is 6.13. The van der Waals surface area contributed by atoms with Crippen LogP contribution in [0, 0.1) is 0 Å². The Labute approximate surface area is 151 Å². The lowest BCUT2D eigenvalue weighted by atomic mass is 10.1. The van der Waals surface area contributed by atoms with Crippen LogP contribution in [0.15, 0.2) is 30.5 Å². The third-order valence-corrected chi connectivity index (χ3v) is 4.26. The topological polar surface area (TPSA) is 96.5 Å². The smallest absolute Gasteiger partial charge is 0.272 e. The first kappa shape index (κ1) is 17.9. The molecule has 0 aliphatic carbocycles. The van der Waals surface area contributed by atoms with Crippen molar-refractivity contribution in [1.29, 1.82) is 0 Å². The Morgan fingerprint density at radius 3 is 3.00 bits per heavy atom. The number of benzene rings is 1. The van der Waals surface area contributed by atoms with E-state index in [1.165, 1.54) is 0 Å². The number of fused-ring (bicyclic) bond motifs is 1. The van der Waals surface area contributed by atoms with Crippen LogP contribution in [-0.4, -0.2) is 59.8 Å². The standard InChI is InChI=1S/C18H22N4O4/c1-12-11-26-16-4-3-13(17(23)19-7-8-25-2)9-14(16)10-22(12)18(24)15-5-6-20-21-15/h3-6,9,12H,7-8,10-11H2,1-2H3,(H,19,23)(H,20,21)/t12-/m0/s1. The van der Waals surface area contributed by atoms with Crippen LogP contribution in [0.1, 0.15) is 33.3 Å². The third kappa shape index (κ3) is 3.85. The monoisotopic (exact) mass is 358 g/mol. The van der Waals surface area contributed by atoms with Crippen molar-refractivity contribution in [2.45, 2.75) is 19.5 Å². The first-order valence-electron chi connectivity index (χ1n) is 8.43. The van der Waals surface area contributed by atoms with Gasteiger partial charge in [0.25, 0.3) is 11.8 Å². The minimum atomic E-state index is -0.186. The Morgan fingerprint density at radius 2 is 2.27 bits per heavy atom. The van der Waals surface area contributed by atoms with Crippen molar-refractivity contribution in [3.05, 3.63) is 47.3 Å². The second-order valence-corrected chi connectivity index (χ2v) is 6.13. The lowest BCUT2D eigenvalue weighted by Gasteiger charge is -2.25. The van der Waals surface area contributed by atoms with Crippen LogP contribution in [0.25, 0.3) is 0 Å². The Hall–Kier alpha value is -2.87. The maximum atomic E-state index is 12.7. The van der Waals surface area contributed by atoms with Gasteiger partial charge in [-0.05, 0) is 31.2 Å². The van der Waals surface area contributed by atoms with Crippen molar-refractivity contribution in [3.63, 3.8) is 0 Å². The van der Waals surface area contributed by atoms with Gasteiger partial charge in [0, 0.05) is 31.0 Å². The first-order valence-corrected chi connectivity index (χ1v) is 8.43. The van der Waals surface area contributed by atoms with E-state index in [1.54, 1.807) is 42.5 Å². The van der Waals surface area contributed by atoms with E-state index in [-0.39, 0.29) is 17.9 Å².